The topological polar surface area (TPSA) is 133 Å². The highest BCUT2D eigenvalue weighted by atomic mass is 32.2. The Hall–Kier alpha value is -3.61. The smallest absolute Gasteiger partial charge is 0.475 e. The predicted octanol–water partition coefficient (Wildman–Crippen LogP) is 3.28. The van der Waals surface area contributed by atoms with Crippen LogP contribution in [0.2, 0.25) is 0 Å². The Kier molecular flexibility index (Phi) is 9.02. The monoisotopic (exact) mass is 555 g/mol. The fourth-order valence-electron chi connectivity index (χ4n) is 4.02. The van der Waals surface area contributed by atoms with E-state index in [0.717, 1.165) is 37.8 Å². The Morgan fingerprint density at radius 2 is 1.63 bits per heavy atom. The molecule has 2 fully saturated rings. The number of hydrogen-bond donors (Lipinski definition) is 3. The zero-order valence-electron chi connectivity index (χ0n) is 20.3. The summed E-state index contributed by atoms with van der Waals surface area (Å²) >= 11 is 0. The van der Waals surface area contributed by atoms with Crippen molar-refractivity contribution in [3.05, 3.63) is 60.2 Å². The molecule has 0 spiro atoms. The van der Waals surface area contributed by atoms with Gasteiger partial charge < -0.3 is 15.3 Å². The number of rotatable bonds is 9. The van der Waals surface area contributed by atoms with Crippen LogP contribution in [0.1, 0.15) is 37.7 Å². The van der Waals surface area contributed by atoms with Crippen LogP contribution in [0.25, 0.3) is 0 Å². The molecule has 0 bridgehead atoms. The molecule has 2 amide bonds. The highest BCUT2D eigenvalue weighted by Gasteiger charge is 2.51. The molecule has 9 nitrogen and oxygen atoms in total. The molecule has 0 radical (unpaired) electrons. The molecular formula is C25H28F3N3O6S. The third kappa shape index (κ3) is 7.46. The van der Waals surface area contributed by atoms with E-state index in [-0.39, 0.29) is 16.7 Å². The van der Waals surface area contributed by atoms with E-state index in [1.165, 1.54) is 0 Å². The third-order valence-corrected chi connectivity index (χ3v) is 7.63. The van der Waals surface area contributed by atoms with Crippen LogP contribution >= 0.6 is 0 Å². The Morgan fingerprint density at radius 3 is 2.13 bits per heavy atom. The number of likely N-dealkylation sites (tertiary alicyclic amines) is 1. The first-order valence-electron chi connectivity index (χ1n) is 11.9. The fraction of sp³-hybridized carbons (Fsp3) is 0.400. The second-order valence-corrected chi connectivity index (χ2v) is 10.7. The summed E-state index contributed by atoms with van der Waals surface area (Å²) < 4.78 is 59.2. The number of hydrogen-bond acceptors (Lipinski definition) is 5. The number of benzene rings is 2. The van der Waals surface area contributed by atoms with Crippen molar-refractivity contribution in [2.24, 2.45) is 0 Å². The van der Waals surface area contributed by atoms with E-state index in [0.29, 0.717) is 25.2 Å². The van der Waals surface area contributed by atoms with Gasteiger partial charge in [-0.2, -0.15) is 13.2 Å². The summed E-state index contributed by atoms with van der Waals surface area (Å²) in [5.41, 5.74) is 0.821. The van der Waals surface area contributed by atoms with Crippen LogP contribution in [0.15, 0.2) is 59.5 Å². The first-order chi connectivity index (χ1) is 17.8. The Bertz CT molecular complexity index is 1250. The lowest BCUT2D eigenvalue weighted by Gasteiger charge is -2.18. The zero-order valence-corrected chi connectivity index (χ0v) is 21.1. The van der Waals surface area contributed by atoms with E-state index in [4.69, 9.17) is 9.90 Å². The number of carboxylic acid groups (broad SMARTS) is 1. The van der Waals surface area contributed by atoms with Gasteiger partial charge in [0.1, 0.15) is 0 Å². The molecule has 1 saturated heterocycles. The highest BCUT2D eigenvalue weighted by molar-refractivity contribution is 7.92. The molecule has 2 aromatic carbocycles. The largest absolute Gasteiger partial charge is 0.490 e. The third-order valence-electron chi connectivity index (χ3n) is 6.23. The van der Waals surface area contributed by atoms with Crippen LogP contribution in [-0.2, 0) is 29.8 Å². The zero-order chi connectivity index (χ0) is 28.0. The van der Waals surface area contributed by atoms with E-state index < -0.39 is 27.6 Å². The summed E-state index contributed by atoms with van der Waals surface area (Å²) in [4.78, 5) is 35.4. The molecule has 0 atom stereocenters. The SMILES string of the molecule is O=C(O)C(F)(F)F.O=C1CCCN1CCCNC(=O)C1(c2ccc(NS(=O)(=O)c3ccccc3)cc2)CC1. The van der Waals surface area contributed by atoms with Gasteiger partial charge in [0.05, 0.1) is 10.3 Å². The molecule has 2 aliphatic rings. The van der Waals surface area contributed by atoms with E-state index in [2.05, 4.69) is 10.0 Å². The molecular weight excluding hydrogens is 527 g/mol. The van der Waals surface area contributed by atoms with Crippen LogP contribution < -0.4 is 10.0 Å². The van der Waals surface area contributed by atoms with Gasteiger partial charge >= 0.3 is 12.1 Å². The second-order valence-electron chi connectivity index (χ2n) is 8.97. The average molecular weight is 556 g/mol. The number of carbonyl (C=O) groups is 3. The number of nitrogens with one attached hydrogen (secondary N) is 2. The molecule has 0 unspecified atom stereocenters. The van der Waals surface area contributed by atoms with Gasteiger partial charge in [0.25, 0.3) is 10.0 Å². The number of alkyl halides is 3. The Morgan fingerprint density at radius 1 is 1.03 bits per heavy atom. The number of amides is 2. The fourth-order valence-corrected chi connectivity index (χ4v) is 5.10. The van der Waals surface area contributed by atoms with Crippen LogP contribution in [0.3, 0.4) is 0 Å². The molecule has 2 aromatic rings. The molecule has 38 heavy (non-hydrogen) atoms. The Labute approximate surface area is 218 Å². The van der Waals surface area contributed by atoms with Crippen molar-refractivity contribution in [2.75, 3.05) is 24.4 Å². The van der Waals surface area contributed by atoms with Crippen LogP contribution in [0.4, 0.5) is 18.9 Å². The maximum Gasteiger partial charge on any atom is 0.490 e. The van der Waals surface area contributed by atoms with E-state index in [9.17, 15) is 31.2 Å². The number of nitrogens with zero attached hydrogens (tertiary/aromatic N) is 1. The van der Waals surface area contributed by atoms with E-state index in [1.807, 2.05) is 17.0 Å². The normalized spacial score (nSPS) is 16.3. The van der Waals surface area contributed by atoms with Gasteiger partial charge in [-0.05, 0) is 55.5 Å². The summed E-state index contributed by atoms with van der Waals surface area (Å²) in [5, 5.41) is 10.1. The Balaban J connectivity index is 0.000000505. The lowest BCUT2D eigenvalue weighted by Crippen LogP contribution is -2.36. The quantitative estimate of drug-likeness (QED) is 0.407. The van der Waals surface area contributed by atoms with Gasteiger partial charge in [-0.15, -0.1) is 0 Å². The van der Waals surface area contributed by atoms with Gasteiger partial charge in [-0.25, -0.2) is 13.2 Å². The number of carbonyl (C=O) groups excluding carboxylic acids is 2. The van der Waals surface area contributed by atoms with Crippen LogP contribution in [-0.4, -0.2) is 62.0 Å². The van der Waals surface area contributed by atoms with Crippen molar-refractivity contribution in [1.82, 2.24) is 10.2 Å². The first kappa shape index (κ1) is 29.0. The molecule has 1 heterocycles. The minimum Gasteiger partial charge on any atom is -0.475 e. The van der Waals surface area contributed by atoms with Gasteiger partial charge in [-0.1, -0.05) is 30.3 Å². The highest BCUT2D eigenvalue weighted by Crippen LogP contribution is 2.48. The van der Waals surface area contributed by atoms with Gasteiger partial charge in [0.15, 0.2) is 0 Å². The maximum atomic E-state index is 12.8. The van der Waals surface area contributed by atoms with Crippen molar-refractivity contribution in [3.8, 4) is 0 Å². The summed E-state index contributed by atoms with van der Waals surface area (Å²) in [6.45, 7) is 2.04. The minimum absolute atomic E-state index is 0.00198. The molecule has 1 saturated carbocycles. The number of carboxylic acids is 1. The standard InChI is InChI=1S/C23H27N3O4S.C2HF3O2/c27-21-8-4-16-26(21)17-5-15-24-22(28)23(13-14-23)18-9-11-19(12-10-18)25-31(29,30)20-6-2-1-3-7-20;3-2(4,5)1(6)7/h1-3,6-7,9-12,25H,4-5,8,13-17H2,(H,24,28);(H,6,7). The maximum absolute atomic E-state index is 12.8. The lowest BCUT2D eigenvalue weighted by molar-refractivity contribution is -0.192. The van der Waals surface area contributed by atoms with E-state index in [1.54, 1.807) is 42.5 Å². The first-order valence-corrected chi connectivity index (χ1v) is 13.4. The molecule has 13 heteroatoms. The summed E-state index contributed by atoms with van der Waals surface area (Å²) in [7, 11) is -3.65. The van der Waals surface area contributed by atoms with Crippen molar-refractivity contribution < 1.29 is 41.1 Å². The second kappa shape index (κ2) is 11.8. The van der Waals surface area contributed by atoms with Crippen LogP contribution in [0.5, 0.6) is 0 Å². The molecule has 206 valence electrons. The number of anilines is 1. The van der Waals surface area contributed by atoms with Crippen molar-refractivity contribution >= 4 is 33.5 Å². The predicted molar refractivity (Wildman–Crippen MR) is 132 cm³/mol. The number of sulfonamides is 1. The minimum atomic E-state index is -5.08. The van der Waals surface area contributed by atoms with E-state index >= 15 is 0 Å². The molecule has 4 rings (SSSR count). The molecule has 3 N–H and O–H groups in total. The van der Waals surface area contributed by atoms with Crippen molar-refractivity contribution in [1.29, 1.82) is 0 Å². The van der Waals surface area contributed by atoms with Crippen molar-refractivity contribution in [3.63, 3.8) is 0 Å². The van der Waals surface area contributed by atoms with Gasteiger partial charge in [-0.3, -0.25) is 14.3 Å². The van der Waals surface area contributed by atoms with Gasteiger partial charge in [0, 0.05) is 31.7 Å². The number of halogens is 3. The van der Waals surface area contributed by atoms with Crippen molar-refractivity contribution in [2.45, 2.75) is 48.6 Å². The lowest BCUT2D eigenvalue weighted by atomic mass is 9.95. The summed E-state index contributed by atoms with van der Waals surface area (Å²) in [6.07, 6.45) is -1.23. The molecule has 0 aromatic heterocycles. The summed E-state index contributed by atoms with van der Waals surface area (Å²) in [6, 6.07) is 15.2. The average Bonchev–Trinajstić information content (AvgIpc) is 3.58. The van der Waals surface area contributed by atoms with Crippen LogP contribution in [0, 0.1) is 0 Å². The summed E-state index contributed by atoms with van der Waals surface area (Å²) in [5.74, 6) is -2.56. The molecule has 1 aliphatic heterocycles. The molecule has 1 aliphatic carbocycles. The number of aliphatic carboxylic acids is 1. The van der Waals surface area contributed by atoms with Gasteiger partial charge in [0.2, 0.25) is 11.8 Å².